The number of sulfone groups is 1. The molecule has 0 heterocycles. The van der Waals surface area contributed by atoms with Crippen LogP contribution in [0.3, 0.4) is 0 Å². The summed E-state index contributed by atoms with van der Waals surface area (Å²) in [4.78, 5) is -0.121. The van der Waals surface area contributed by atoms with Gasteiger partial charge in [-0.15, -0.1) is 0 Å². The van der Waals surface area contributed by atoms with Crippen LogP contribution in [0.4, 0.5) is 4.39 Å². The Morgan fingerprint density at radius 3 is 2.50 bits per heavy atom. The minimum atomic E-state index is -3.54. The van der Waals surface area contributed by atoms with Crippen molar-refractivity contribution in [2.45, 2.75) is 24.2 Å². The van der Waals surface area contributed by atoms with Crippen molar-refractivity contribution in [2.75, 3.05) is 19.9 Å². The van der Waals surface area contributed by atoms with Crippen LogP contribution in [0.25, 0.3) is 0 Å². The number of methoxy groups -OCH3 is 1. The van der Waals surface area contributed by atoms with Crippen LogP contribution < -0.4 is 10.5 Å². The van der Waals surface area contributed by atoms with Crippen molar-refractivity contribution in [3.63, 3.8) is 0 Å². The van der Waals surface area contributed by atoms with E-state index in [9.17, 15) is 12.8 Å². The molecular weight excluding hydrogens is 257 g/mol. The van der Waals surface area contributed by atoms with Gasteiger partial charge in [-0.2, -0.15) is 0 Å². The van der Waals surface area contributed by atoms with E-state index < -0.39 is 15.7 Å². The largest absolute Gasteiger partial charge is 0.495 e. The zero-order valence-corrected chi connectivity index (χ0v) is 11.6. The van der Waals surface area contributed by atoms with E-state index in [0.717, 1.165) is 12.3 Å². The molecule has 0 fully saturated rings. The first-order valence-electron chi connectivity index (χ1n) is 5.58. The third-order valence-electron chi connectivity index (χ3n) is 2.78. The molecule has 0 aliphatic rings. The molecule has 1 unspecified atom stereocenters. The predicted octanol–water partition coefficient (Wildman–Crippen LogP) is 1.69. The molecule has 0 amide bonds. The SMILES string of the molecule is COc1c(C(C)CCN)cc(F)cc1S(C)(=O)=O. The zero-order valence-electron chi connectivity index (χ0n) is 10.7. The van der Waals surface area contributed by atoms with Crippen molar-refractivity contribution in [3.05, 3.63) is 23.5 Å². The number of halogens is 1. The topological polar surface area (TPSA) is 69.4 Å². The maximum absolute atomic E-state index is 13.5. The molecule has 0 aliphatic heterocycles. The van der Waals surface area contributed by atoms with Crippen LogP contribution in [0.5, 0.6) is 5.75 Å². The lowest BCUT2D eigenvalue weighted by atomic mass is 9.96. The summed E-state index contributed by atoms with van der Waals surface area (Å²) >= 11 is 0. The number of benzene rings is 1. The van der Waals surface area contributed by atoms with Gasteiger partial charge in [0, 0.05) is 11.8 Å². The van der Waals surface area contributed by atoms with Crippen LogP contribution in [-0.4, -0.2) is 28.3 Å². The van der Waals surface area contributed by atoms with Crippen LogP contribution in [0.1, 0.15) is 24.8 Å². The lowest BCUT2D eigenvalue weighted by molar-refractivity contribution is 0.391. The highest BCUT2D eigenvalue weighted by molar-refractivity contribution is 7.90. The number of nitrogens with two attached hydrogens (primary N) is 1. The Morgan fingerprint density at radius 1 is 1.44 bits per heavy atom. The summed E-state index contributed by atoms with van der Waals surface area (Å²) in [6, 6.07) is 2.28. The average molecular weight is 275 g/mol. The summed E-state index contributed by atoms with van der Waals surface area (Å²) in [6.07, 6.45) is 1.66. The Balaban J connectivity index is 3.48. The van der Waals surface area contributed by atoms with E-state index in [1.807, 2.05) is 6.92 Å². The maximum atomic E-state index is 13.5. The van der Waals surface area contributed by atoms with E-state index in [2.05, 4.69) is 0 Å². The zero-order chi connectivity index (χ0) is 13.9. The number of hydrogen-bond donors (Lipinski definition) is 1. The Bertz CT molecular complexity index is 528. The quantitative estimate of drug-likeness (QED) is 0.887. The van der Waals surface area contributed by atoms with Crippen molar-refractivity contribution in [1.29, 1.82) is 0 Å². The molecule has 0 radical (unpaired) electrons. The molecule has 0 saturated carbocycles. The number of hydrogen-bond acceptors (Lipinski definition) is 4. The molecule has 1 rings (SSSR count). The third kappa shape index (κ3) is 3.20. The van der Waals surface area contributed by atoms with Crippen molar-refractivity contribution in [3.8, 4) is 5.75 Å². The minimum absolute atomic E-state index is 0.0684. The van der Waals surface area contributed by atoms with Crippen LogP contribution >= 0.6 is 0 Å². The summed E-state index contributed by atoms with van der Waals surface area (Å²) in [7, 11) is -2.16. The van der Waals surface area contributed by atoms with Crippen LogP contribution in [0.2, 0.25) is 0 Å². The molecule has 0 saturated heterocycles. The first-order chi connectivity index (χ1) is 8.31. The molecule has 18 heavy (non-hydrogen) atoms. The van der Waals surface area contributed by atoms with Crippen molar-refractivity contribution < 1.29 is 17.5 Å². The predicted molar refractivity (Wildman–Crippen MR) is 68.1 cm³/mol. The second-order valence-electron chi connectivity index (χ2n) is 4.28. The van der Waals surface area contributed by atoms with Crippen molar-refractivity contribution in [1.82, 2.24) is 0 Å². The van der Waals surface area contributed by atoms with E-state index in [1.165, 1.54) is 13.2 Å². The van der Waals surface area contributed by atoms with E-state index >= 15 is 0 Å². The van der Waals surface area contributed by atoms with Gasteiger partial charge in [-0.05, 0) is 31.0 Å². The molecule has 0 aliphatic carbocycles. The van der Waals surface area contributed by atoms with Gasteiger partial charge in [0.15, 0.2) is 9.84 Å². The molecule has 1 atom stereocenters. The molecule has 102 valence electrons. The van der Waals surface area contributed by atoms with Crippen molar-refractivity contribution in [2.24, 2.45) is 5.73 Å². The summed E-state index contributed by atoms with van der Waals surface area (Å²) in [5.41, 5.74) is 6.00. The lowest BCUT2D eigenvalue weighted by Gasteiger charge is -2.17. The Labute approximate surface area is 107 Å². The molecule has 0 spiro atoms. The normalized spacial score (nSPS) is 13.4. The van der Waals surface area contributed by atoms with Crippen LogP contribution in [0.15, 0.2) is 17.0 Å². The first-order valence-corrected chi connectivity index (χ1v) is 7.48. The monoisotopic (exact) mass is 275 g/mol. The van der Waals surface area contributed by atoms with E-state index in [-0.39, 0.29) is 16.6 Å². The molecule has 1 aromatic carbocycles. The van der Waals surface area contributed by atoms with Gasteiger partial charge < -0.3 is 10.5 Å². The second-order valence-corrected chi connectivity index (χ2v) is 6.26. The molecule has 6 heteroatoms. The van der Waals surface area contributed by atoms with E-state index in [0.29, 0.717) is 18.5 Å². The van der Waals surface area contributed by atoms with Crippen LogP contribution in [0, 0.1) is 5.82 Å². The summed E-state index contributed by atoms with van der Waals surface area (Å²) in [5.74, 6) is -0.448. The Hall–Kier alpha value is -1.14. The number of ether oxygens (including phenoxy) is 1. The standard InChI is InChI=1S/C12H18FNO3S/c1-8(4-5-14)10-6-9(13)7-11(12(10)17-2)18(3,15)16/h6-8H,4-5,14H2,1-3H3. The number of rotatable bonds is 5. The van der Waals surface area contributed by atoms with Gasteiger partial charge in [0.1, 0.15) is 16.5 Å². The fourth-order valence-electron chi connectivity index (χ4n) is 1.85. The highest BCUT2D eigenvalue weighted by Gasteiger charge is 2.22. The van der Waals surface area contributed by atoms with Crippen molar-refractivity contribution >= 4 is 9.84 Å². The molecule has 0 aromatic heterocycles. The van der Waals surface area contributed by atoms with E-state index in [4.69, 9.17) is 10.5 Å². The van der Waals surface area contributed by atoms with Gasteiger partial charge in [-0.25, -0.2) is 12.8 Å². The summed E-state index contributed by atoms with van der Waals surface area (Å²) in [5, 5.41) is 0. The van der Waals surface area contributed by atoms with Gasteiger partial charge in [0.2, 0.25) is 0 Å². The lowest BCUT2D eigenvalue weighted by Crippen LogP contribution is -2.09. The molecule has 2 N–H and O–H groups in total. The molecule has 4 nitrogen and oxygen atoms in total. The highest BCUT2D eigenvalue weighted by atomic mass is 32.2. The molecule has 0 bridgehead atoms. The van der Waals surface area contributed by atoms with Gasteiger partial charge in [0.05, 0.1) is 7.11 Å². The van der Waals surface area contributed by atoms with Gasteiger partial charge >= 0.3 is 0 Å². The second kappa shape index (κ2) is 5.67. The third-order valence-corrected chi connectivity index (χ3v) is 3.88. The molecule has 1 aromatic rings. The summed E-state index contributed by atoms with van der Waals surface area (Å²) in [6.45, 7) is 2.30. The highest BCUT2D eigenvalue weighted by Crippen LogP contribution is 2.35. The van der Waals surface area contributed by atoms with E-state index in [1.54, 1.807) is 0 Å². The smallest absolute Gasteiger partial charge is 0.179 e. The average Bonchev–Trinajstić information content (AvgIpc) is 2.27. The van der Waals surface area contributed by atoms with Gasteiger partial charge in [0.25, 0.3) is 0 Å². The first kappa shape index (κ1) is 14.9. The van der Waals surface area contributed by atoms with Crippen LogP contribution in [-0.2, 0) is 9.84 Å². The van der Waals surface area contributed by atoms with Gasteiger partial charge in [-0.3, -0.25) is 0 Å². The van der Waals surface area contributed by atoms with Gasteiger partial charge in [-0.1, -0.05) is 6.92 Å². The fraction of sp³-hybridized carbons (Fsp3) is 0.500. The molecular formula is C12H18FNO3S. The summed E-state index contributed by atoms with van der Waals surface area (Å²) < 4.78 is 41.9. The Kier molecular flexibility index (Phi) is 4.70. The fourth-order valence-corrected chi connectivity index (χ4v) is 2.72. The minimum Gasteiger partial charge on any atom is -0.495 e. The Morgan fingerprint density at radius 2 is 2.06 bits per heavy atom. The maximum Gasteiger partial charge on any atom is 0.179 e.